The van der Waals surface area contributed by atoms with E-state index in [9.17, 15) is 0 Å². The van der Waals surface area contributed by atoms with E-state index in [-0.39, 0.29) is 0 Å². The molecule has 1 rings (SSSR count). The van der Waals surface area contributed by atoms with Crippen LogP contribution in [-0.2, 0) is 6.16 Å². The standard InChI is InChI=1S/C12H20P/c1-4-10-13(2,3)11-12-8-6-5-7-9-12/h5-9H,4,10-11H2,1-3H3/q+1. The molecule has 0 aliphatic heterocycles. The predicted octanol–water partition coefficient (Wildman–Crippen LogP) is 3.87. The smallest absolute Gasteiger partial charge is 0.0622 e. The third-order valence-corrected chi connectivity index (χ3v) is 5.16. The first-order valence-electron chi connectivity index (χ1n) is 5.00. The zero-order chi connectivity index (χ0) is 9.73. The lowest BCUT2D eigenvalue weighted by molar-refractivity contribution is 1.08. The van der Waals surface area contributed by atoms with Crippen molar-refractivity contribution < 1.29 is 0 Å². The molecule has 0 aromatic heterocycles. The summed E-state index contributed by atoms with van der Waals surface area (Å²) in [5.74, 6) is 0. The average molecular weight is 195 g/mol. The van der Waals surface area contributed by atoms with Gasteiger partial charge in [0.15, 0.2) is 0 Å². The van der Waals surface area contributed by atoms with Crippen molar-refractivity contribution in [2.45, 2.75) is 19.5 Å². The number of hydrogen-bond donors (Lipinski definition) is 0. The quantitative estimate of drug-likeness (QED) is 0.640. The Labute approximate surface area is 82.7 Å². The van der Waals surface area contributed by atoms with Gasteiger partial charge in [0, 0.05) is 20.6 Å². The molecule has 72 valence electrons. The fraction of sp³-hybridized carbons (Fsp3) is 0.500. The summed E-state index contributed by atoms with van der Waals surface area (Å²) >= 11 is 0. The lowest BCUT2D eigenvalue weighted by Gasteiger charge is -2.17. The fourth-order valence-electron chi connectivity index (χ4n) is 1.76. The van der Waals surface area contributed by atoms with Gasteiger partial charge >= 0.3 is 0 Å². The SMILES string of the molecule is CCC[P+](C)(C)Cc1ccccc1. The maximum absolute atomic E-state index is 2.46. The summed E-state index contributed by atoms with van der Waals surface area (Å²) in [5.41, 5.74) is 1.51. The van der Waals surface area contributed by atoms with Gasteiger partial charge in [0.2, 0.25) is 0 Å². The minimum absolute atomic E-state index is 0.664. The molecular formula is C12H20P+. The molecular weight excluding hydrogens is 175 g/mol. The number of rotatable bonds is 4. The minimum atomic E-state index is -0.664. The molecule has 0 amide bonds. The summed E-state index contributed by atoms with van der Waals surface area (Å²) in [4.78, 5) is 0. The molecule has 1 aromatic carbocycles. The molecule has 1 aromatic rings. The second-order valence-corrected chi connectivity index (χ2v) is 8.94. The molecule has 1 heteroatoms. The van der Waals surface area contributed by atoms with Gasteiger partial charge in [0.25, 0.3) is 0 Å². The normalized spacial score (nSPS) is 11.6. The molecule has 0 heterocycles. The second kappa shape index (κ2) is 4.77. The monoisotopic (exact) mass is 195 g/mol. The van der Waals surface area contributed by atoms with Crippen molar-refractivity contribution >= 4 is 7.26 Å². The van der Waals surface area contributed by atoms with Crippen LogP contribution in [0.5, 0.6) is 0 Å². The van der Waals surface area contributed by atoms with E-state index in [1.54, 1.807) is 0 Å². The first kappa shape index (κ1) is 10.7. The lowest BCUT2D eigenvalue weighted by Crippen LogP contribution is -1.98. The molecule has 0 bridgehead atoms. The highest BCUT2D eigenvalue weighted by Crippen LogP contribution is 2.54. The molecule has 0 nitrogen and oxygen atoms in total. The van der Waals surface area contributed by atoms with Gasteiger partial charge in [-0.1, -0.05) is 37.3 Å². The summed E-state index contributed by atoms with van der Waals surface area (Å²) < 4.78 is 0. The summed E-state index contributed by atoms with van der Waals surface area (Å²) in [6.45, 7) is 7.21. The van der Waals surface area contributed by atoms with Crippen molar-refractivity contribution in [2.24, 2.45) is 0 Å². The first-order chi connectivity index (χ1) is 6.14. The van der Waals surface area contributed by atoms with Gasteiger partial charge in [0.1, 0.15) is 0 Å². The van der Waals surface area contributed by atoms with Crippen LogP contribution in [0.3, 0.4) is 0 Å². The second-order valence-electron chi connectivity index (χ2n) is 4.30. The van der Waals surface area contributed by atoms with Crippen molar-refractivity contribution in [1.82, 2.24) is 0 Å². The van der Waals surface area contributed by atoms with Crippen LogP contribution in [0.4, 0.5) is 0 Å². The molecule has 0 saturated heterocycles. The zero-order valence-corrected chi connectivity index (χ0v) is 9.85. The zero-order valence-electron chi connectivity index (χ0n) is 8.96. The largest absolute Gasteiger partial charge is 0.0837 e. The molecule has 13 heavy (non-hydrogen) atoms. The summed E-state index contributed by atoms with van der Waals surface area (Å²) in [7, 11) is -0.664. The summed E-state index contributed by atoms with van der Waals surface area (Å²) in [6, 6.07) is 10.9. The summed E-state index contributed by atoms with van der Waals surface area (Å²) in [6.07, 6.45) is 4.05. The fourth-order valence-corrected chi connectivity index (χ4v) is 4.33. The third-order valence-electron chi connectivity index (χ3n) is 2.28. The molecule has 0 fully saturated rings. The van der Waals surface area contributed by atoms with E-state index < -0.39 is 7.26 Å². The van der Waals surface area contributed by atoms with Gasteiger partial charge in [-0.15, -0.1) is 0 Å². The van der Waals surface area contributed by atoms with Gasteiger partial charge in [-0.25, -0.2) is 0 Å². The van der Waals surface area contributed by atoms with Crippen molar-refractivity contribution in [3.05, 3.63) is 35.9 Å². The molecule has 0 saturated carbocycles. The lowest BCUT2D eigenvalue weighted by atomic mass is 10.2. The van der Waals surface area contributed by atoms with Crippen LogP contribution in [-0.4, -0.2) is 19.5 Å². The Morgan fingerprint density at radius 2 is 1.69 bits per heavy atom. The van der Waals surface area contributed by atoms with Crippen molar-refractivity contribution in [1.29, 1.82) is 0 Å². The van der Waals surface area contributed by atoms with Gasteiger partial charge < -0.3 is 0 Å². The first-order valence-corrected chi connectivity index (χ1v) is 8.05. The van der Waals surface area contributed by atoms with Gasteiger partial charge in [-0.2, -0.15) is 0 Å². The average Bonchev–Trinajstić information content (AvgIpc) is 2.04. The topological polar surface area (TPSA) is 0 Å². The molecule has 0 N–H and O–H groups in total. The number of benzene rings is 1. The van der Waals surface area contributed by atoms with E-state index in [2.05, 4.69) is 50.6 Å². The summed E-state index contributed by atoms with van der Waals surface area (Å²) in [5, 5.41) is 0. The Kier molecular flexibility index (Phi) is 3.93. The van der Waals surface area contributed by atoms with Crippen LogP contribution in [0.15, 0.2) is 30.3 Å². The molecule has 0 atom stereocenters. The van der Waals surface area contributed by atoms with Crippen molar-refractivity contribution in [3.63, 3.8) is 0 Å². The predicted molar refractivity (Wildman–Crippen MR) is 64.1 cm³/mol. The maximum Gasteiger partial charge on any atom is 0.0837 e. The van der Waals surface area contributed by atoms with Gasteiger partial charge in [-0.3, -0.25) is 0 Å². The molecule has 0 aliphatic carbocycles. The van der Waals surface area contributed by atoms with E-state index in [0.717, 1.165) is 0 Å². The Bertz CT molecular complexity index is 239. The Hall–Kier alpha value is -0.350. The highest BCUT2D eigenvalue weighted by atomic mass is 31.2. The van der Waals surface area contributed by atoms with E-state index in [0.29, 0.717) is 0 Å². The van der Waals surface area contributed by atoms with E-state index in [1.165, 1.54) is 24.3 Å². The third kappa shape index (κ3) is 3.91. The Morgan fingerprint density at radius 3 is 2.23 bits per heavy atom. The van der Waals surface area contributed by atoms with Crippen LogP contribution in [0.25, 0.3) is 0 Å². The van der Waals surface area contributed by atoms with Crippen LogP contribution in [0.2, 0.25) is 0 Å². The maximum atomic E-state index is 2.46. The highest BCUT2D eigenvalue weighted by Gasteiger charge is 2.23. The van der Waals surface area contributed by atoms with Crippen LogP contribution >= 0.6 is 7.26 Å². The van der Waals surface area contributed by atoms with E-state index in [4.69, 9.17) is 0 Å². The van der Waals surface area contributed by atoms with Crippen LogP contribution in [0.1, 0.15) is 18.9 Å². The molecule has 0 radical (unpaired) electrons. The van der Waals surface area contributed by atoms with Crippen LogP contribution < -0.4 is 0 Å². The molecule has 0 spiro atoms. The van der Waals surface area contributed by atoms with E-state index in [1.807, 2.05) is 0 Å². The van der Waals surface area contributed by atoms with Gasteiger partial charge in [0.05, 0.1) is 12.3 Å². The molecule has 0 unspecified atom stereocenters. The van der Waals surface area contributed by atoms with Crippen molar-refractivity contribution in [2.75, 3.05) is 19.5 Å². The Balaban J connectivity index is 2.58. The number of hydrogen-bond acceptors (Lipinski definition) is 0. The van der Waals surface area contributed by atoms with Crippen LogP contribution in [0, 0.1) is 0 Å². The van der Waals surface area contributed by atoms with E-state index >= 15 is 0 Å². The van der Waals surface area contributed by atoms with Crippen molar-refractivity contribution in [3.8, 4) is 0 Å². The van der Waals surface area contributed by atoms with Gasteiger partial charge in [-0.05, 0) is 12.0 Å². The minimum Gasteiger partial charge on any atom is -0.0622 e. The highest BCUT2D eigenvalue weighted by molar-refractivity contribution is 7.73. The molecule has 0 aliphatic rings. The Morgan fingerprint density at radius 1 is 1.08 bits per heavy atom.